The quantitative estimate of drug-likeness (QED) is 0.849. The third kappa shape index (κ3) is 1.78. The lowest BCUT2D eigenvalue weighted by Crippen LogP contribution is -2.72. The summed E-state index contributed by atoms with van der Waals surface area (Å²) in [6, 6.07) is 0.704. The fourth-order valence-electron chi connectivity index (χ4n) is 6.44. The summed E-state index contributed by atoms with van der Waals surface area (Å²) in [4.78, 5) is 2.89. The molecule has 0 radical (unpaired) electrons. The molecule has 4 aliphatic carbocycles. The van der Waals surface area contributed by atoms with Crippen molar-refractivity contribution in [2.45, 2.75) is 62.8 Å². The fraction of sp³-hybridized carbons (Fsp3) is 1.00. The molecule has 5 fully saturated rings. The van der Waals surface area contributed by atoms with Gasteiger partial charge in [-0.3, -0.25) is 4.90 Å². The third-order valence-corrected chi connectivity index (χ3v) is 8.64. The summed E-state index contributed by atoms with van der Waals surface area (Å²) in [6.07, 6.45) is 7.46. The second-order valence-electron chi connectivity index (χ2n) is 8.01. The molecule has 5 rings (SSSR count). The van der Waals surface area contributed by atoms with Gasteiger partial charge in [0.05, 0.1) is 0 Å². The Bertz CT molecular complexity index is 355. The Morgan fingerprint density at radius 2 is 1.65 bits per heavy atom. The molecular formula is C17H30N2S. The van der Waals surface area contributed by atoms with Crippen LogP contribution < -0.4 is 5.73 Å². The molecule has 1 heterocycles. The summed E-state index contributed by atoms with van der Waals surface area (Å²) in [6.45, 7) is 7.06. The number of hydrogen-bond acceptors (Lipinski definition) is 3. The van der Waals surface area contributed by atoms with Crippen LogP contribution in [0.25, 0.3) is 0 Å². The van der Waals surface area contributed by atoms with Crippen molar-refractivity contribution in [3.63, 3.8) is 0 Å². The van der Waals surface area contributed by atoms with Crippen molar-refractivity contribution in [1.29, 1.82) is 0 Å². The van der Waals surface area contributed by atoms with E-state index in [1.54, 1.807) is 0 Å². The minimum atomic E-state index is 0.363. The number of nitrogens with two attached hydrogens (primary N) is 1. The van der Waals surface area contributed by atoms with Gasteiger partial charge in [-0.2, -0.15) is 11.8 Å². The summed E-state index contributed by atoms with van der Waals surface area (Å²) in [5.74, 6) is 5.20. The molecule has 0 aromatic rings. The van der Waals surface area contributed by atoms with E-state index in [4.69, 9.17) is 5.73 Å². The second kappa shape index (κ2) is 4.89. The van der Waals surface area contributed by atoms with Crippen molar-refractivity contribution in [3.05, 3.63) is 0 Å². The zero-order valence-corrected chi connectivity index (χ0v) is 13.9. The zero-order valence-electron chi connectivity index (χ0n) is 13.1. The zero-order chi connectivity index (χ0) is 13.9. The van der Waals surface area contributed by atoms with Crippen molar-refractivity contribution in [2.75, 3.05) is 18.8 Å². The molecule has 2 atom stereocenters. The topological polar surface area (TPSA) is 29.3 Å². The first-order valence-corrected chi connectivity index (χ1v) is 9.78. The molecule has 0 aromatic carbocycles. The number of nitrogens with zero attached hydrogens (tertiary/aromatic N) is 1. The standard InChI is InChI=1S/C17H30N2S/c1-11-12(2)20-4-3-19(11)17(10-18)15-6-13-5-14(8-15)9-16(17)7-13/h11-16H,3-10,18H2,1-2H3. The van der Waals surface area contributed by atoms with Crippen molar-refractivity contribution >= 4 is 11.8 Å². The lowest BCUT2D eigenvalue weighted by Gasteiger charge is -2.66. The van der Waals surface area contributed by atoms with Gasteiger partial charge in [-0.05, 0) is 62.7 Å². The molecule has 1 aliphatic heterocycles. The molecule has 4 bridgehead atoms. The predicted octanol–water partition coefficient (Wildman–Crippen LogP) is 2.97. The van der Waals surface area contributed by atoms with Gasteiger partial charge in [0.2, 0.25) is 0 Å². The Morgan fingerprint density at radius 3 is 2.20 bits per heavy atom. The molecule has 3 heteroatoms. The number of rotatable bonds is 2. The second-order valence-corrected chi connectivity index (χ2v) is 9.49. The van der Waals surface area contributed by atoms with Crippen molar-refractivity contribution < 1.29 is 0 Å². The Labute approximate surface area is 128 Å². The van der Waals surface area contributed by atoms with Gasteiger partial charge in [0.25, 0.3) is 0 Å². The first kappa shape index (κ1) is 13.9. The van der Waals surface area contributed by atoms with Gasteiger partial charge < -0.3 is 5.73 Å². The highest BCUT2D eigenvalue weighted by Crippen LogP contribution is 2.60. The molecule has 20 heavy (non-hydrogen) atoms. The van der Waals surface area contributed by atoms with E-state index in [0.29, 0.717) is 11.6 Å². The maximum atomic E-state index is 6.48. The van der Waals surface area contributed by atoms with Crippen LogP contribution in [-0.2, 0) is 0 Å². The highest BCUT2D eigenvalue weighted by Gasteiger charge is 2.60. The Hall–Kier alpha value is 0.270. The lowest BCUT2D eigenvalue weighted by molar-refractivity contribution is -0.141. The smallest absolute Gasteiger partial charge is 0.0391 e. The van der Waals surface area contributed by atoms with Crippen LogP contribution >= 0.6 is 11.8 Å². The van der Waals surface area contributed by atoms with Crippen LogP contribution in [0.2, 0.25) is 0 Å². The normalized spacial score (nSPS) is 55.4. The third-order valence-electron chi connectivity index (χ3n) is 7.30. The monoisotopic (exact) mass is 294 g/mol. The van der Waals surface area contributed by atoms with E-state index in [-0.39, 0.29) is 0 Å². The maximum absolute atomic E-state index is 6.48. The van der Waals surface area contributed by atoms with Crippen LogP contribution in [0.5, 0.6) is 0 Å². The van der Waals surface area contributed by atoms with E-state index in [0.717, 1.165) is 35.5 Å². The molecule has 0 amide bonds. The number of thioether (sulfide) groups is 1. The lowest BCUT2D eigenvalue weighted by atomic mass is 9.48. The summed E-state index contributed by atoms with van der Waals surface area (Å²) >= 11 is 2.16. The van der Waals surface area contributed by atoms with Gasteiger partial charge in [-0.15, -0.1) is 0 Å². The van der Waals surface area contributed by atoms with Crippen molar-refractivity contribution in [1.82, 2.24) is 4.90 Å². The number of hydrogen-bond donors (Lipinski definition) is 1. The Balaban J connectivity index is 1.69. The average Bonchev–Trinajstić information content (AvgIpc) is 2.43. The summed E-state index contributed by atoms with van der Waals surface area (Å²) in [7, 11) is 0. The van der Waals surface area contributed by atoms with Crippen LogP contribution in [0.1, 0.15) is 46.0 Å². The van der Waals surface area contributed by atoms with E-state index in [1.807, 2.05) is 0 Å². The summed E-state index contributed by atoms with van der Waals surface area (Å²) < 4.78 is 0. The van der Waals surface area contributed by atoms with Crippen LogP contribution in [0.4, 0.5) is 0 Å². The van der Waals surface area contributed by atoms with Gasteiger partial charge in [0, 0.05) is 35.7 Å². The van der Waals surface area contributed by atoms with Gasteiger partial charge >= 0.3 is 0 Å². The molecule has 0 spiro atoms. The highest BCUT2D eigenvalue weighted by atomic mass is 32.2. The molecule has 2 nitrogen and oxygen atoms in total. The van der Waals surface area contributed by atoms with E-state index in [2.05, 4.69) is 30.5 Å². The SMILES string of the molecule is CC1SCCN(C2(CN)C3CC4CC(C3)CC2C4)C1C. The molecule has 5 aliphatic rings. The Morgan fingerprint density at radius 1 is 1.05 bits per heavy atom. The first-order valence-electron chi connectivity index (χ1n) is 8.73. The minimum absolute atomic E-state index is 0.363. The molecular weight excluding hydrogens is 264 g/mol. The van der Waals surface area contributed by atoms with E-state index in [9.17, 15) is 0 Å². The van der Waals surface area contributed by atoms with Crippen LogP contribution in [-0.4, -0.2) is 40.6 Å². The molecule has 2 unspecified atom stereocenters. The summed E-state index contributed by atoms with van der Waals surface area (Å²) in [5.41, 5.74) is 6.84. The highest BCUT2D eigenvalue weighted by molar-refractivity contribution is 8.00. The molecule has 1 saturated heterocycles. The maximum Gasteiger partial charge on any atom is 0.0391 e. The van der Waals surface area contributed by atoms with Gasteiger partial charge in [0.1, 0.15) is 0 Å². The van der Waals surface area contributed by atoms with Gasteiger partial charge in [-0.25, -0.2) is 0 Å². The molecule has 4 saturated carbocycles. The van der Waals surface area contributed by atoms with Gasteiger partial charge in [-0.1, -0.05) is 6.92 Å². The minimum Gasteiger partial charge on any atom is -0.329 e. The predicted molar refractivity (Wildman–Crippen MR) is 86.9 cm³/mol. The van der Waals surface area contributed by atoms with E-state index < -0.39 is 0 Å². The van der Waals surface area contributed by atoms with Crippen molar-refractivity contribution in [3.8, 4) is 0 Å². The summed E-state index contributed by atoms with van der Waals surface area (Å²) in [5, 5.41) is 0.768. The van der Waals surface area contributed by atoms with E-state index >= 15 is 0 Å². The van der Waals surface area contributed by atoms with Crippen LogP contribution in [0.3, 0.4) is 0 Å². The average molecular weight is 295 g/mol. The fourth-order valence-corrected chi connectivity index (χ4v) is 7.54. The van der Waals surface area contributed by atoms with E-state index in [1.165, 1.54) is 44.4 Å². The molecule has 2 N–H and O–H groups in total. The van der Waals surface area contributed by atoms with Crippen molar-refractivity contribution in [2.24, 2.45) is 29.4 Å². The molecule has 0 aromatic heterocycles. The first-order chi connectivity index (χ1) is 9.65. The van der Waals surface area contributed by atoms with Crippen LogP contribution in [0, 0.1) is 23.7 Å². The van der Waals surface area contributed by atoms with Crippen LogP contribution in [0.15, 0.2) is 0 Å². The largest absolute Gasteiger partial charge is 0.329 e. The molecule has 114 valence electrons. The van der Waals surface area contributed by atoms with Gasteiger partial charge in [0.15, 0.2) is 0 Å². The Kier molecular flexibility index (Phi) is 3.40.